The molecular weight excluding hydrogens is 244 g/mol. The fourth-order valence-electron chi connectivity index (χ4n) is 1.08. The Labute approximate surface area is 105 Å². The third-order valence-corrected chi connectivity index (χ3v) is 2.75. The molecule has 0 spiro atoms. The molecular formula is C10H20N2O4S. The van der Waals surface area contributed by atoms with Crippen LogP contribution < -0.4 is 10.6 Å². The second-order valence-corrected chi connectivity index (χ2v) is 4.51. The van der Waals surface area contributed by atoms with Gasteiger partial charge in [-0.2, -0.15) is 11.8 Å². The summed E-state index contributed by atoms with van der Waals surface area (Å²) in [7, 11) is 0. The fraction of sp³-hybridized carbons (Fsp3) is 0.800. The van der Waals surface area contributed by atoms with Crippen LogP contribution in [0.4, 0.5) is 4.79 Å². The van der Waals surface area contributed by atoms with Gasteiger partial charge >= 0.3 is 12.0 Å². The van der Waals surface area contributed by atoms with Crippen molar-refractivity contribution in [3.63, 3.8) is 0 Å². The average Bonchev–Trinajstić information content (AvgIpc) is 2.28. The summed E-state index contributed by atoms with van der Waals surface area (Å²) in [5.74, 6) is -0.196. The number of aliphatic hydroxyl groups excluding tert-OH is 1. The maximum Gasteiger partial charge on any atom is 0.332 e. The van der Waals surface area contributed by atoms with Gasteiger partial charge in [-0.3, -0.25) is 0 Å². The topological polar surface area (TPSA) is 98.7 Å². The van der Waals surface area contributed by atoms with E-state index in [2.05, 4.69) is 10.6 Å². The second-order valence-electron chi connectivity index (χ2n) is 3.53. The molecule has 6 nitrogen and oxygen atoms in total. The summed E-state index contributed by atoms with van der Waals surface area (Å²) in [5.41, 5.74) is 0. The highest BCUT2D eigenvalue weighted by atomic mass is 32.2. The number of aliphatic carboxylic acids is 1. The van der Waals surface area contributed by atoms with Crippen molar-refractivity contribution in [1.29, 1.82) is 0 Å². The monoisotopic (exact) mass is 264 g/mol. The molecule has 0 aromatic heterocycles. The summed E-state index contributed by atoms with van der Waals surface area (Å²) in [4.78, 5) is 21.4. The Balaban J connectivity index is 3.38. The minimum atomic E-state index is -1.42. The summed E-state index contributed by atoms with van der Waals surface area (Å²) in [6.07, 6.45) is 2.60. The van der Waals surface area contributed by atoms with Crippen molar-refractivity contribution < 1.29 is 19.8 Å². The van der Waals surface area contributed by atoms with Gasteiger partial charge in [-0.1, -0.05) is 0 Å². The number of urea groups is 1. The van der Waals surface area contributed by atoms with Crippen molar-refractivity contribution in [2.24, 2.45) is 0 Å². The standard InChI is InChI=1S/C10H20N2O4S/c1-17-7-3-2-5-11-10(16)12-6-4-8(13)9(14)15/h8,13H,2-7H2,1H3,(H,14,15)(H2,11,12,16)/t8-/m0/s1. The van der Waals surface area contributed by atoms with Crippen LogP contribution in [0.5, 0.6) is 0 Å². The van der Waals surface area contributed by atoms with Crippen molar-refractivity contribution >= 4 is 23.8 Å². The van der Waals surface area contributed by atoms with Crippen molar-refractivity contribution in [2.75, 3.05) is 25.1 Å². The fourth-order valence-corrected chi connectivity index (χ4v) is 1.57. The van der Waals surface area contributed by atoms with Gasteiger partial charge in [0.1, 0.15) is 0 Å². The van der Waals surface area contributed by atoms with Crippen LogP contribution >= 0.6 is 11.8 Å². The smallest absolute Gasteiger partial charge is 0.332 e. The Bertz CT molecular complexity index is 238. The number of unbranched alkanes of at least 4 members (excludes halogenated alkanes) is 1. The summed E-state index contributed by atoms with van der Waals surface area (Å²) < 4.78 is 0. The van der Waals surface area contributed by atoms with Gasteiger partial charge in [-0.25, -0.2) is 9.59 Å². The molecule has 0 radical (unpaired) electrons. The van der Waals surface area contributed by atoms with Gasteiger partial charge in [0.05, 0.1) is 0 Å². The van der Waals surface area contributed by atoms with Crippen molar-refractivity contribution in [1.82, 2.24) is 10.6 Å². The lowest BCUT2D eigenvalue weighted by Crippen LogP contribution is -2.38. The van der Waals surface area contributed by atoms with E-state index in [1.54, 1.807) is 11.8 Å². The maximum atomic E-state index is 11.2. The van der Waals surface area contributed by atoms with Gasteiger partial charge in [-0.05, 0) is 24.9 Å². The number of aliphatic hydroxyl groups is 1. The second kappa shape index (κ2) is 10.2. The molecule has 0 aliphatic rings. The first-order valence-electron chi connectivity index (χ1n) is 5.49. The first-order chi connectivity index (χ1) is 8.07. The molecule has 0 saturated heterocycles. The molecule has 0 saturated carbocycles. The van der Waals surface area contributed by atoms with Crippen LogP contribution in [0, 0.1) is 0 Å². The van der Waals surface area contributed by atoms with E-state index in [-0.39, 0.29) is 19.0 Å². The average molecular weight is 264 g/mol. The Morgan fingerprint density at radius 2 is 1.88 bits per heavy atom. The SMILES string of the molecule is CSCCCCNC(=O)NCC[C@H](O)C(=O)O. The maximum absolute atomic E-state index is 11.2. The number of nitrogens with one attached hydrogen (secondary N) is 2. The highest BCUT2D eigenvalue weighted by Crippen LogP contribution is 1.97. The van der Waals surface area contributed by atoms with Gasteiger partial charge in [0.2, 0.25) is 0 Å². The van der Waals surface area contributed by atoms with E-state index in [4.69, 9.17) is 10.2 Å². The van der Waals surface area contributed by atoms with Crippen LogP contribution in [0.15, 0.2) is 0 Å². The summed E-state index contributed by atoms with van der Waals surface area (Å²) in [5, 5.41) is 22.5. The van der Waals surface area contributed by atoms with Crippen LogP contribution in [-0.4, -0.2) is 53.4 Å². The van der Waals surface area contributed by atoms with E-state index >= 15 is 0 Å². The number of carboxylic acid groups (broad SMARTS) is 1. The van der Waals surface area contributed by atoms with Crippen molar-refractivity contribution in [3.8, 4) is 0 Å². The van der Waals surface area contributed by atoms with Gasteiger partial charge in [0, 0.05) is 19.5 Å². The number of carbonyl (C=O) groups excluding carboxylic acids is 1. The number of rotatable bonds is 9. The van der Waals surface area contributed by atoms with Gasteiger partial charge < -0.3 is 20.8 Å². The molecule has 7 heteroatoms. The van der Waals surface area contributed by atoms with Crippen LogP contribution in [0.3, 0.4) is 0 Å². The van der Waals surface area contributed by atoms with Crippen molar-refractivity contribution in [3.05, 3.63) is 0 Å². The Morgan fingerprint density at radius 3 is 2.47 bits per heavy atom. The Morgan fingerprint density at radius 1 is 1.24 bits per heavy atom. The molecule has 4 N–H and O–H groups in total. The third kappa shape index (κ3) is 9.95. The van der Waals surface area contributed by atoms with E-state index in [1.165, 1.54) is 0 Å². The quantitative estimate of drug-likeness (QED) is 0.448. The zero-order valence-corrected chi connectivity index (χ0v) is 10.8. The first-order valence-corrected chi connectivity index (χ1v) is 6.88. The molecule has 0 aliphatic carbocycles. The predicted octanol–water partition coefficient (Wildman–Crippen LogP) is 0.264. The number of thioether (sulfide) groups is 1. The largest absolute Gasteiger partial charge is 0.479 e. The van der Waals surface area contributed by atoms with E-state index in [0.29, 0.717) is 6.54 Å². The summed E-state index contributed by atoms with van der Waals surface area (Å²) in [6.45, 7) is 0.748. The molecule has 2 amide bonds. The number of hydrogen-bond donors (Lipinski definition) is 4. The highest BCUT2D eigenvalue weighted by molar-refractivity contribution is 7.98. The van der Waals surface area contributed by atoms with E-state index in [9.17, 15) is 9.59 Å². The molecule has 0 bridgehead atoms. The van der Waals surface area contributed by atoms with E-state index in [0.717, 1.165) is 18.6 Å². The van der Waals surface area contributed by atoms with Gasteiger partial charge in [0.25, 0.3) is 0 Å². The van der Waals surface area contributed by atoms with Crippen LogP contribution in [0.1, 0.15) is 19.3 Å². The van der Waals surface area contributed by atoms with Gasteiger partial charge in [-0.15, -0.1) is 0 Å². The number of carbonyl (C=O) groups is 2. The minimum absolute atomic E-state index is 0.00915. The van der Waals surface area contributed by atoms with E-state index in [1.807, 2.05) is 6.26 Å². The highest BCUT2D eigenvalue weighted by Gasteiger charge is 2.12. The molecule has 0 heterocycles. The molecule has 0 rings (SSSR count). The third-order valence-electron chi connectivity index (χ3n) is 2.05. The summed E-state index contributed by atoms with van der Waals surface area (Å²) >= 11 is 1.77. The Kier molecular flexibility index (Phi) is 9.65. The lowest BCUT2D eigenvalue weighted by Gasteiger charge is -2.08. The molecule has 0 aromatic rings. The molecule has 0 fully saturated rings. The first kappa shape index (κ1) is 16.1. The van der Waals surface area contributed by atoms with Crippen LogP contribution in [-0.2, 0) is 4.79 Å². The number of hydrogen-bond acceptors (Lipinski definition) is 4. The molecule has 0 aromatic carbocycles. The normalized spacial score (nSPS) is 11.9. The van der Waals surface area contributed by atoms with Gasteiger partial charge in [0.15, 0.2) is 6.10 Å². The molecule has 0 aliphatic heterocycles. The van der Waals surface area contributed by atoms with Crippen LogP contribution in [0.25, 0.3) is 0 Å². The lowest BCUT2D eigenvalue weighted by molar-refractivity contribution is -0.146. The zero-order chi connectivity index (χ0) is 13.1. The summed E-state index contributed by atoms with van der Waals surface area (Å²) in [6, 6.07) is -0.327. The minimum Gasteiger partial charge on any atom is -0.479 e. The van der Waals surface area contributed by atoms with E-state index < -0.39 is 12.1 Å². The number of carboxylic acids is 1. The molecule has 0 unspecified atom stereocenters. The van der Waals surface area contributed by atoms with Crippen molar-refractivity contribution in [2.45, 2.75) is 25.4 Å². The molecule has 17 heavy (non-hydrogen) atoms. The zero-order valence-electron chi connectivity index (χ0n) is 9.94. The molecule has 100 valence electrons. The number of amides is 2. The Hall–Kier alpha value is -0.950. The lowest BCUT2D eigenvalue weighted by atomic mass is 10.2. The molecule has 1 atom stereocenters. The predicted molar refractivity (Wildman–Crippen MR) is 67.3 cm³/mol. The van der Waals surface area contributed by atoms with Crippen LogP contribution in [0.2, 0.25) is 0 Å².